The lowest BCUT2D eigenvalue weighted by atomic mass is 9.67. The Balaban J connectivity index is 0.964. The summed E-state index contributed by atoms with van der Waals surface area (Å²) in [5.74, 6) is 3.55. The van der Waals surface area contributed by atoms with E-state index in [1.54, 1.807) is 5.57 Å². The molecular formula is C50H45NO2. The largest absolute Gasteiger partial charge is 0.465 e. The molecule has 0 saturated carbocycles. The average molecular weight is 692 g/mol. The first-order valence-corrected chi connectivity index (χ1v) is 19.9. The van der Waals surface area contributed by atoms with Gasteiger partial charge in [-0.3, -0.25) is 0 Å². The Morgan fingerprint density at radius 3 is 2.62 bits per heavy atom. The maximum Gasteiger partial charge on any atom is 0.112 e. The molecule has 53 heavy (non-hydrogen) atoms. The van der Waals surface area contributed by atoms with Crippen LogP contribution in [0.25, 0.3) is 38.9 Å². The minimum atomic E-state index is 0.303. The summed E-state index contributed by atoms with van der Waals surface area (Å²) in [5.41, 5.74) is 19.3. The van der Waals surface area contributed by atoms with Crippen molar-refractivity contribution in [3.05, 3.63) is 171 Å². The molecule has 3 nitrogen and oxygen atoms in total. The fourth-order valence-electron chi connectivity index (χ4n) is 10.5. The molecule has 0 radical (unpaired) electrons. The monoisotopic (exact) mass is 691 g/mol. The quantitative estimate of drug-likeness (QED) is 0.187. The highest BCUT2D eigenvalue weighted by atomic mass is 16.5. The summed E-state index contributed by atoms with van der Waals surface area (Å²) >= 11 is 0. The number of fused-ring (bicyclic) bond motifs is 7. The van der Waals surface area contributed by atoms with Gasteiger partial charge in [-0.1, -0.05) is 91.9 Å². The molecular weight excluding hydrogens is 647 g/mol. The number of hydrogen-bond acceptors (Lipinski definition) is 2. The van der Waals surface area contributed by atoms with E-state index >= 15 is 0 Å². The SMILES string of the molecule is CC1c2cc(-c3ccc4c(c3)c3c(n4-c4ccccc4)CCOC3)ccc2C2=C(C=CCC2)C1c1cccc(C2=CCC3C(=C2)OC2=C3CCCC2)c1. The molecule has 0 amide bonds. The molecule has 0 bridgehead atoms. The summed E-state index contributed by atoms with van der Waals surface area (Å²) in [6.45, 7) is 3.90. The molecule has 3 heteroatoms. The van der Waals surface area contributed by atoms with Crippen LogP contribution in [0.4, 0.5) is 0 Å². The third-order valence-electron chi connectivity index (χ3n) is 13.1. The molecule has 5 aromatic rings. The zero-order valence-electron chi connectivity index (χ0n) is 30.5. The Morgan fingerprint density at radius 1 is 0.792 bits per heavy atom. The number of para-hydroxylation sites is 1. The number of benzene rings is 4. The summed E-state index contributed by atoms with van der Waals surface area (Å²) in [4.78, 5) is 0. The molecule has 3 unspecified atom stereocenters. The Hall–Kier alpha value is -5.12. The number of aromatic nitrogens is 1. The lowest BCUT2D eigenvalue weighted by Gasteiger charge is -2.37. The van der Waals surface area contributed by atoms with Crippen LogP contribution < -0.4 is 0 Å². The van der Waals surface area contributed by atoms with E-state index in [2.05, 4.69) is 127 Å². The van der Waals surface area contributed by atoms with Crippen LogP contribution >= 0.6 is 0 Å². The molecule has 1 aromatic heterocycles. The number of nitrogens with zero attached hydrogens (tertiary/aromatic N) is 1. The van der Waals surface area contributed by atoms with Gasteiger partial charge in [0.05, 0.1) is 18.7 Å². The van der Waals surface area contributed by atoms with Gasteiger partial charge >= 0.3 is 0 Å². The minimum Gasteiger partial charge on any atom is -0.465 e. The van der Waals surface area contributed by atoms with Crippen LogP contribution in [0.1, 0.15) is 97.2 Å². The molecule has 0 fully saturated rings. The van der Waals surface area contributed by atoms with Crippen molar-refractivity contribution in [2.24, 2.45) is 5.92 Å². The number of hydrogen-bond donors (Lipinski definition) is 0. The molecule has 0 saturated heterocycles. The van der Waals surface area contributed by atoms with Crippen molar-refractivity contribution in [2.75, 3.05) is 6.61 Å². The van der Waals surface area contributed by atoms with Crippen LogP contribution in [0.5, 0.6) is 0 Å². The zero-order valence-corrected chi connectivity index (χ0v) is 30.5. The van der Waals surface area contributed by atoms with Crippen LogP contribution in [0.2, 0.25) is 0 Å². The molecule has 3 atom stereocenters. The summed E-state index contributed by atoms with van der Waals surface area (Å²) in [7, 11) is 0. The van der Waals surface area contributed by atoms with E-state index in [1.807, 2.05) is 0 Å². The summed E-state index contributed by atoms with van der Waals surface area (Å²) in [6, 6.07) is 34.6. The Morgan fingerprint density at radius 2 is 1.68 bits per heavy atom. The molecule has 0 spiro atoms. The van der Waals surface area contributed by atoms with E-state index in [-0.39, 0.29) is 0 Å². The van der Waals surface area contributed by atoms with Crippen LogP contribution in [0.3, 0.4) is 0 Å². The Kier molecular flexibility index (Phi) is 7.40. The maximum atomic E-state index is 6.49. The van der Waals surface area contributed by atoms with E-state index in [0.29, 0.717) is 24.4 Å². The third-order valence-corrected chi connectivity index (χ3v) is 13.1. The van der Waals surface area contributed by atoms with Crippen molar-refractivity contribution in [3.8, 4) is 16.8 Å². The van der Waals surface area contributed by atoms with E-state index in [0.717, 1.165) is 38.7 Å². The van der Waals surface area contributed by atoms with Crippen molar-refractivity contribution in [3.63, 3.8) is 0 Å². The van der Waals surface area contributed by atoms with Crippen LogP contribution in [-0.2, 0) is 22.5 Å². The van der Waals surface area contributed by atoms with Crippen molar-refractivity contribution >= 4 is 22.0 Å². The smallest absolute Gasteiger partial charge is 0.112 e. The average Bonchev–Trinajstić information content (AvgIpc) is 3.76. The lowest BCUT2D eigenvalue weighted by molar-refractivity contribution is 0.110. The van der Waals surface area contributed by atoms with Crippen molar-refractivity contribution in [2.45, 2.75) is 76.7 Å². The standard InChI is InChI=1S/C50H45NO2/c1-31-43-27-33(34-20-23-46-44(28-34)45-30-52-25-24-47(45)51(46)37-12-3-2-4-13-37)18-21-39(43)38-14-5-6-16-42(38)50(31)36-11-9-10-32(26-36)35-19-22-41-40-15-7-8-17-48(40)53-49(41)29-35/h2-4,6,9-13,16,18-21,23,26-29,31,41,50H,5,7-8,14-15,17,22,24-25,30H2,1H3. The molecule has 262 valence electrons. The summed E-state index contributed by atoms with van der Waals surface area (Å²) in [6.07, 6.45) is 18.7. The molecule has 11 rings (SSSR count). The second-order valence-corrected chi connectivity index (χ2v) is 16.0. The van der Waals surface area contributed by atoms with Crippen molar-refractivity contribution < 1.29 is 9.47 Å². The van der Waals surface area contributed by atoms with Gasteiger partial charge in [0.25, 0.3) is 0 Å². The van der Waals surface area contributed by atoms with Crippen molar-refractivity contribution in [1.82, 2.24) is 4.57 Å². The van der Waals surface area contributed by atoms with Gasteiger partial charge in [-0.15, -0.1) is 0 Å². The first kappa shape index (κ1) is 31.4. The molecule has 6 aliphatic rings. The Labute approximate surface area is 312 Å². The molecule has 0 N–H and O–H groups in total. The second-order valence-electron chi connectivity index (χ2n) is 16.0. The third kappa shape index (κ3) is 5.04. The van der Waals surface area contributed by atoms with Gasteiger partial charge in [0.15, 0.2) is 0 Å². The highest BCUT2D eigenvalue weighted by molar-refractivity contribution is 5.92. The topological polar surface area (TPSA) is 23.4 Å². The first-order chi connectivity index (χ1) is 26.2. The molecule has 3 heterocycles. The van der Waals surface area contributed by atoms with Gasteiger partial charge in [-0.25, -0.2) is 0 Å². The molecule has 4 aromatic carbocycles. The predicted octanol–water partition coefficient (Wildman–Crippen LogP) is 12.5. The van der Waals surface area contributed by atoms with Crippen LogP contribution in [-0.4, -0.2) is 11.2 Å². The summed E-state index contributed by atoms with van der Waals surface area (Å²) in [5, 5.41) is 1.31. The maximum absolute atomic E-state index is 6.49. The van der Waals surface area contributed by atoms with Gasteiger partial charge < -0.3 is 14.0 Å². The fourth-order valence-corrected chi connectivity index (χ4v) is 10.5. The van der Waals surface area contributed by atoms with E-state index < -0.39 is 0 Å². The first-order valence-electron chi connectivity index (χ1n) is 19.9. The number of rotatable bonds is 4. The summed E-state index contributed by atoms with van der Waals surface area (Å²) < 4.78 is 15.0. The van der Waals surface area contributed by atoms with Crippen LogP contribution in [0, 0.1) is 5.92 Å². The lowest BCUT2D eigenvalue weighted by Crippen LogP contribution is -2.20. The Bertz CT molecular complexity index is 2480. The van der Waals surface area contributed by atoms with Crippen molar-refractivity contribution in [1.29, 1.82) is 0 Å². The van der Waals surface area contributed by atoms with Crippen LogP contribution in [0.15, 0.2) is 138 Å². The highest BCUT2D eigenvalue weighted by Gasteiger charge is 2.36. The minimum absolute atomic E-state index is 0.303. The highest BCUT2D eigenvalue weighted by Crippen LogP contribution is 2.52. The molecule has 2 aliphatic heterocycles. The van der Waals surface area contributed by atoms with Gasteiger partial charge in [0.1, 0.15) is 11.5 Å². The molecule has 4 aliphatic carbocycles. The van der Waals surface area contributed by atoms with Gasteiger partial charge in [0.2, 0.25) is 0 Å². The van der Waals surface area contributed by atoms with Gasteiger partial charge in [-0.05, 0) is 130 Å². The van der Waals surface area contributed by atoms with E-state index in [1.165, 1.54) is 109 Å². The van der Waals surface area contributed by atoms with E-state index in [4.69, 9.17) is 9.47 Å². The number of ether oxygens (including phenoxy) is 2. The van der Waals surface area contributed by atoms with E-state index in [9.17, 15) is 0 Å². The number of allylic oxidation sites excluding steroid dienone is 9. The zero-order chi connectivity index (χ0) is 35.0. The van der Waals surface area contributed by atoms with Gasteiger partial charge in [0, 0.05) is 47.0 Å². The predicted molar refractivity (Wildman–Crippen MR) is 216 cm³/mol. The normalized spacial score (nSPS) is 23.1. The fraction of sp³-hybridized carbons (Fsp3) is 0.280. The van der Waals surface area contributed by atoms with Gasteiger partial charge in [-0.2, -0.15) is 0 Å². The second kappa shape index (κ2) is 12.5.